The number of hydrogen-bond acceptors (Lipinski definition) is 3. The third-order valence-electron chi connectivity index (χ3n) is 3.99. The van der Waals surface area contributed by atoms with Gasteiger partial charge in [-0.15, -0.1) is 0 Å². The van der Waals surface area contributed by atoms with Gasteiger partial charge in [-0.25, -0.2) is 0 Å². The molecule has 144 valence electrons. The molecule has 0 aliphatic carbocycles. The van der Waals surface area contributed by atoms with Gasteiger partial charge in [-0.3, -0.25) is 9.59 Å². The molecule has 0 aromatic heterocycles. The molecule has 0 saturated heterocycles. The third kappa shape index (κ3) is 7.53. The highest BCUT2D eigenvalue weighted by Crippen LogP contribution is 2.19. The Balaban J connectivity index is 1.85. The minimum atomic E-state index is -0.729. The molecule has 2 atom stereocenters. The molecule has 0 aliphatic heterocycles. The number of carbonyl (C=O) groups excluding carboxylic acids is 2. The highest BCUT2D eigenvalue weighted by Gasteiger charge is 2.23. The summed E-state index contributed by atoms with van der Waals surface area (Å²) < 4.78 is 6.52. The van der Waals surface area contributed by atoms with Gasteiger partial charge in [0.05, 0.1) is 6.61 Å². The average Bonchev–Trinajstić information content (AvgIpc) is 2.64. The third-order valence-corrected chi connectivity index (χ3v) is 4.48. The van der Waals surface area contributed by atoms with Gasteiger partial charge in [0.1, 0.15) is 6.04 Å². The van der Waals surface area contributed by atoms with Crippen LogP contribution in [0.5, 0.6) is 0 Å². The molecule has 2 aromatic carbocycles. The predicted molar refractivity (Wildman–Crippen MR) is 109 cm³/mol. The molecule has 2 rings (SSSR count). The van der Waals surface area contributed by atoms with Crippen LogP contribution in [0.3, 0.4) is 0 Å². The minimum absolute atomic E-state index is 0.0725. The van der Waals surface area contributed by atoms with Crippen molar-refractivity contribution in [3.8, 4) is 0 Å². The average molecular weight is 433 g/mol. The predicted octanol–water partition coefficient (Wildman–Crippen LogP) is 3.74. The molecule has 0 bridgehead atoms. The Morgan fingerprint density at radius 1 is 1.07 bits per heavy atom. The summed E-state index contributed by atoms with van der Waals surface area (Å²) in [5.41, 5.74) is 1.85. The van der Waals surface area contributed by atoms with Crippen LogP contribution in [-0.4, -0.2) is 24.5 Å². The Morgan fingerprint density at radius 2 is 1.81 bits per heavy atom. The first-order valence-corrected chi connectivity index (χ1v) is 9.69. The summed E-state index contributed by atoms with van der Waals surface area (Å²) in [6.07, 6.45) is 0.684. The Hall–Kier alpha value is -2.18. The molecule has 2 aromatic rings. The summed E-state index contributed by atoms with van der Waals surface area (Å²) in [6, 6.07) is 16.5. The maximum absolute atomic E-state index is 12.7. The number of carbonyl (C=O) groups is 2. The van der Waals surface area contributed by atoms with E-state index in [1.54, 1.807) is 0 Å². The number of halogens is 1. The smallest absolute Gasteiger partial charge is 0.247 e. The van der Waals surface area contributed by atoms with Crippen LogP contribution in [0, 0.1) is 0 Å². The van der Waals surface area contributed by atoms with Crippen LogP contribution in [0.25, 0.3) is 0 Å². The molecule has 2 N–H and O–H groups in total. The van der Waals surface area contributed by atoms with E-state index < -0.39 is 6.04 Å². The van der Waals surface area contributed by atoms with E-state index in [0.29, 0.717) is 19.6 Å². The van der Waals surface area contributed by atoms with Crippen molar-refractivity contribution in [2.75, 3.05) is 6.61 Å². The zero-order valence-electron chi connectivity index (χ0n) is 15.6. The van der Waals surface area contributed by atoms with Crippen molar-refractivity contribution >= 4 is 27.7 Å². The van der Waals surface area contributed by atoms with E-state index in [1.807, 2.05) is 61.5 Å². The van der Waals surface area contributed by atoms with Gasteiger partial charge < -0.3 is 15.4 Å². The summed E-state index contributed by atoms with van der Waals surface area (Å²) in [4.78, 5) is 24.2. The van der Waals surface area contributed by atoms with E-state index >= 15 is 0 Å². The lowest BCUT2D eigenvalue weighted by Crippen LogP contribution is -2.43. The standard InChI is InChI=1S/C21H25BrN2O3/c1-15(11-12-27-14-17-7-4-3-5-8-17)23-21(26)20(24-16(2)25)18-9-6-10-19(22)13-18/h3-10,13,15,20H,11-12,14H2,1-2H3,(H,23,26)(H,24,25). The monoisotopic (exact) mass is 432 g/mol. The number of hydrogen-bond donors (Lipinski definition) is 2. The number of benzene rings is 2. The van der Waals surface area contributed by atoms with Crippen molar-refractivity contribution < 1.29 is 14.3 Å². The molecule has 0 heterocycles. The van der Waals surface area contributed by atoms with Gasteiger partial charge in [0.2, 0.25) is 11.8 Å². The first kappa shape index (κ1) is 21.1. The van der Waals surface area contributed by atoms with Gasteiger partial charge >= 0.3 is 0 Å². The Morgan fingerprint density at radius 3 is 2.48 bits per heavy atom. The lowest BCUT2D eigenvalue weighted by molar-refractivity contribution is -0.128. The van der Waals surface area contributed by atoms with Gasteiger partial charge in [-0.05, 0) is 36.6 Å². The number of rotatable bonds is 9. The summed E-state index contributed by atoms with van der Waals surface area (Å²) in [7, 11) is 0. The van der Waals surface area contributed by atoms with Crippen LogP contribution in [0.4, 0.5) is 0 Å². The molecule has 0 aliphatic rings. The quantitative estimate of drug-likeness (QED) is 0.593. The highest BCUT2D eigenvalue weighted by molar-refractivity contribution is 9.10. The molecule has 2 unspecified atom stereocenters. The summed E-state index contributed by atoms with van der Waals surface area (Å²) in [6.45, 7) is 4.42. The van der Waals surface area contributed by atoms with E-state index in [4.69, 9.17) is 4.74 Å². The molecule has 0 radical (unpaired) electrons. The number of amides is 2. The summed E-state index contributed by atoms with van der Waals surface area (Å²) in [5.74, 6) is -0.493. The minimum Gasteiger partial charge on any atom is -0.377 e. The Bertz CT molecular complexity index is 752. The fraction of sp³-hybridized carbons (Fsp3) is 0.333. The van der Waals surface area contributed by atoms with E-state index in [-0.39, 0.29) is 17.9 Å². The Kier molecular flexibility index (Phi) is 8.48. The van der Waals surface area contributed by atoms with Crippen LogP contribution >= 0.6 is 15.9 Å². The first-order chi connectivity index (χ1) is 13.0. The maximum Gasteiger partial charge on any atom is 0.247 e. The molecule has 0 spiro atoms. The summed E-state index contributed by atoms with van der Waals surface area (Å²) in [5, 5.41) is 5.67. The molecule has 2 amide bonds. The van der Waals surface area contributed by atoms with Crippen molar-refractivity contribution in [3.63, 3.8) is 0 Å². The zero-order valence-corrected chi connectivity index (χ0v) is 17.2. The second kappa shape index (κ2) is 10.8. The number of ether oxygens (including phenoxy) is 1. The van der Waals surface area contributed by atoms with Crippen LogP contribution in [0.1, 0.15) is 37.4 Å². The largest absolute Gasteiger partial charge is 0.377 e. The molecule has 0 saturated carbocycles. The second-order valence-corrected chi connectivity index (χ2v) is 7.34. The van der Waals surface area contributed by atoms with Crippen molar-refractivity contribution in [1.82, 2.24) is 10.6 Å². The van der Waals surface area contributed by atoms with E-state index in [2.05, 4.69) is 26.6 Å². The fourth-order valence-electron chi connectivity index (χ4n) is 2.61. The lowest BCUT2D eigenvalue weighted by Gasteiger charge is -2.21. The van der Waals surface area contributed by atoms with Crippen LogP contribution in [0.2, 0.25) is 0 Å². The van der Waals surface area contributed by atoms with Crippen molar-refractivity contribution in [1.29, 1.82) is 0 Å². The van der Waals surface area contributed by atoms with Crippen molar-refractivity contribution in [2.45, 2.75) is 39.0 Å². The molecular weight excluding hydrogens is 408 g/mol. The van der Waals surface area contributed by atoms with Gasteiger partial charge in [-0.1, -0.05) is 58.4 Å². The molecule has 5 nitrogen and oxygen atoms in total. The van der Waals surface area contributed by atoms with E-state index in [1.165, 1.54) is 6.92 Å². The SMILES string of the molecule is CC(=O)NC(C(=O)NC(C)CCOCc1ccccc1)c1cccc(Br)c1. The summed E-state index contributed by atoms with van der Waals surface area (Å²) >= 11 is 3.40. The van der Waals surface area contributed by atoms with E-state index in [0.717, 1.165) is 15.6 Å². The van der Waals surface area contributed by atoms with Crippen LogP contribution < -0.4 is 10.6 Å². The molecule has 27 heavy (non-hydrogen) atoms. The fourth-order valence-corrected chi connectivity index (χ4v) is 3.03. The first-order valence-electron chi connectivity index (χ1n) is 8.90. The normalized spacial score (nSPS) is 12.9. The van der Waals surface area contributed by atoms with Gasteiger partial charge in [0.15, 0.2) is 0 Å². The zero-order chi connectivity index (χ0) is 19.6. The Labute approximate surface area is 168 Å². The van der Waals surface area contributed by atoms with E-state index in [9.17, 15) is 9.59 Å². The van der Waals surface area contributed by atoms with Crippen LogP contribution in [-0.2, 0) is 20.9 Å². The molecule has 6 heteroatoms. The van der Waals surface area contributed by atoms with Gasteiger partial charge in [0.25, 0.3) is 0 Å². The van der Waals surface area contributed by atoms with Crippen molar-refractivity contribution in [2.24, 2.45) is 0 Å². The van der Waals surface area contributed by atoms with Crippen molar-refractivity contribution in [3.05, 3.63) is 70.2 Å². The molecular formula is C21H25BrN2O3. The highest BCUT2D eigenvalue weighted by atomic mass is 79.9. The number of nitrogens with one attached hydrogen (secondary N) is 2. The van der Waals surface area contributed by atoms with Gasteiger partial charge in [-0.2, -0.15) is 0 Å². The lowest BCUT2D eigenvalue weighted by atomic mass is 10.1. The maximum atomic E-state index is 12.7. The van der Waals surface area contributed by atoms with Crippen LogP contribution in [0.15, 0.2) is 59.1 Å². The second-order valence-electron chi connectivity index (χ2n) is 6.43. The molecule has 0 fully saturated rings. The van der Waals surface area contributed by atoms with Gasteiger partial charge in [0, 0.05) is 24.0 Å². The topological polar surface area (TPSA) is 67.4 Å².